The Morgan fingerprint density at radius 1 is 1.33 bits per heavy atom. The molecule has 0 radical (unpaired) electrons. The number of rotatable bonds is 1. The van der Waals surface area contributed by atoms with Gasteiger partial charge in [-0.3, -0.25) is 0 Å². The van der Waals surface area contributed by atoms with Crippen molar-refractivity contribution in [3.8, 4) is 6.07 Å². The van der Waals surface area contributed by atoms with E-state index in [2.05, 4.69) is 28.8 Å². The molecule has 0 saturated carbocycles. The number of aryl methyl sites for hydroxylation is 1. The fraction of sp³-hybridized carbons (Fsp3) is 0.308. The van der Waals surface area contributed by atoms with Gasteiger partial charge in [0.2, 0.25) is 0 Å². The van der Waals surface area contributed by atoms with Crippen LogP contribution >= 0.6 is 0 Å². The highest BCUT2D eigenvalue weighted by Crippen LogP contribution is 2.36. The van der Waals surface area contributed by atoms with Gasteiger partial charge in [-0.1, -0.05) is 18.2 Å². The average molecular weight is 196 g/mol. The lowest BCUT2D eigenvalue weighted by Gasteiger charge is -2.19. The van der Waals surface area contributed by atoms with Gasteiger partial charge in [0.15, 0.2) is 0 Å². The van der Waals surface area contributed by atoms with Gasteiger partial charge >= 0.3 is 0 Å². The van der Waals surface area contributed by atoms with E-state index >= 15 is 0 Å². The lowest BCUT2D eigenvalue weighted by Crippen LogP contribution is -2.14. The molecule has 1 atom stereocenters. The zero-order valence-corrected chi connectivity index (χ0v) is 8.70. The van der Waals surface area contributed by atoms with E-state index in [1.165, 1.54) is 28.6 Å². The number of nitrogens with zero attached hydrogens (tertiary/aromatic N) is 2. The molecular weight excluding hydrogens is 184 g/mol. The van der Waals surface area contributed by atoms with Crippen molar-refractivity contribution in [2.24, 2.45) is 0 Å². The lowest BCUT2D eigenvalue weighted by molar-refractivity contribution is 0.625. The van der Waals surface area contributed by atoms with Crippen molar-refractivity contribution in [3.63, 3.8) is 0 Å². The molecule has 0 amide bonds. The third-order valence-corrected chi connectivity index (χ3v) is 3.31. The van der Waals surface area contributed by atoms with Crippen LogP contribution in [0, 0.1) is 11.3 Å². The van der Waals surface area contributed by atoms with Crippen LogP contribution in [0.25, 0.3) is 10.9 Å². The summed E-state index contributed by atoms with van der Waals surface area (Å²) >= 11 is 0. The zero-order chi connectivity index (χ0) is 10.4. The van der Waals surface area contributed by atoms with E-state index in [9.17, 15) is 0 Å². The number of para-hydroxylation sites is 1. The third-order valence-electron chi connectivity index (χ3n) is 3.31. The highest BCUT2D eigenvalue weighted by Gasteiger charge is 2.25. The fourth-order valence-corrected chi connectivity index (χ4v) is 2.50. The van der Waals surface area contributed by atoms with Gasteiger partial charge in [0.05, 0.1) is 6.07 Å². The van der Waals surface area contributed by atoms with Crippen LogP contribution in [0.1, 0.15) is 24.2 Å². The summed E-state index contributed by atoms with van der Waals surface area (Å²) in [5.41, 5.74) is 4.03. The second kappa shape index (κ2) is 2.87. The van der Waals surface area contributed by atoms with Gasteiger partial charge in [0, 0.05) is 16.6 Å². The van der Waals surface area contributed by atoms with Crippen molar-refractivity contribution in [2.45, 2.75) is 25.8 Å². The van der Waals surface area contributed by atoms with Crippen LogP contribution in [0.5, 0.6) is 0 Å². The highest BCUT2D eigenvalue weighted by atomic mass is 15.0. The van der Waals surface area contributed by atoms with Crippen molar-refractivity contribution in [3.05, 3.63) is 35.5 Å². The van der Waals surface area contributed by atoms with Gasteiger partial charge in [-0.15, -0.1) is 0 Å². The number of nitriles is 1. The van der Waals surface area contributed by atoms with E-state index in [0.29, 0.717) is 0 Å². The summed E-state index contributed by atoms with van der Waals surface area (Å²) in [6, 6.07) is 10.7. The fourth-order valence-electron chi connectivity index (χ4n) is 2.50. The Bertz CT molecular complexity index is 572. The van der Waals surface area contributed by atoms with E-state index in [1.54, 1.807) is 0 Å². The molecule has 1 aromatic carbocycles. The first kappa shape index (κ1) is 8.55. The molecule has 1 unspecified atom stereocenters. The normalized spacial score (nSPS) is 15.5. The number of benzene rings is 1. The van der Waals surface area contributed by atoms with Crippen LogP contribution in [0.4, 0.5) is 0 Å². The van der Waals surface area contributed by atoms with Crippen molar-refractivity contribution < 1.29 is 0 Å². The van der Waals surface area contributed by atoms with E-state index < -0.39 is 0 Å². The molecule has 0 N–H and O–H groups in total. The predicted molar refractivity (Wildman–Crippen MR) is 59.7 cm³/mol. The molecule has 0 fully saturated rings. The molecule has 1 aliphatic carbocycles. The Balaban J connectivity index is 2.39. The van der Waals surface area contributed by atoms with Crippen LogP contribution in [-0.2, 0) is 12.8 Å². The van der Waals surface area contributed by atoms with Crippen molar-refractivity contribution >= 4 is 10.9 Å². The first-order chi connectivity index (χ1) is 7.33. The molecule has 0 bridgehead atoms. The quantitative estimate of drug-likeness (QED) is 0.689. The van der Waals surface area contributed by atoms with E-state index in [-0.39, 0.29) is 6.04 Å². The Hall–Kier alpha value is -1.75. The van der Waals surface area contributed by atoms with Gasteiger partial charge in [0.25, 0.3) is 0 Å². The molecule has 0 spiro atoms. The summed E-state index contributed by atoms with van der Waals surface area (Å²) in [6.45, 7) is 1.96. The van der Waals surface area contributed by atoms with Gasteiger partial charge < -0.3 is 4.57 Å². The number of aromatic nitrogens is 1. The Morgan fingerprint density at radius 3 is 2.80 bits per heavy atom. The zero-order valence-electron chi connectivity index (χ0n) is 8.70. The topological polar surface area (TPSA) is 28.7 Å². The summed E-state index contributed by atoms with van der Waals surface area (Å²) in [4.78, 5) is 0. The van der Waals surface area contributed by atoms with Crippen molar-refractivity contribution in [1.29, 1.82) is 5.26 Å². The van der Waals surface area contributed by atoms with Crippen LogP contribution in [0.15, 0.2) is 24.3 Å². The Kier molecular flexibility index (Phi) is 1.63. The summed E-state index contributed by atoms with van der Waals surface area (Å²) in [5, 5.41) is 10.4. The van der Waals surface area contributed by atoms with E-state index in [0.717, 1.165) is 6.42 Å². The maximum atomic E-state index is 9.03. The SMILES string of the molecule is CC(C#N)n1c2c(c3ccccc31)CC2. The lowest BCUT2D eigenvalue weighted by atomic mass is 9.93. The number of hydrogen-bond acceptors (Lipinski definition) is 1. The minimum atomic E-state index is -0.0565. The highest BCUT2D eigenvalue weighted by molar-refractivity contribution is 5.87. The second-order valence-electron chi connectivity index (χ2n) is 4.12. The smallest absolute Gasteiger partial charge is 0.118 e. The van der Waals surface area contributed by atoms with Gasteiger partial charge in [-0.05, 0) is 31.4 Å². The molecule has 2 aromatic rings. The molecule has 74 valence electrons. The molecular formula is C13H12N2. The molecule has 2 nitrogen and oxygen atoms in total. The summed E-state index contributed by atoms with van der Waals surface area (Å²) < 4.78 is 2.19. The average Bonchev–Trinajstić information content (AvgIpc) is 2.45. The number of fused-ring (bicyclic) bond motifs is 3. The Labute approximate surface area is 88.7 Å². The Morgan fingerprint density at radius 2 is 2.13 bits per heavy atom. The molecule has 3 rings (SSSR count). The van der Waals surface area contributed by atoms with Crippen LogP contribution in [0.3, 0.4) is 0 Å². The molecule has 1 aliphatic rings. The monoisotopic (exact) mass is 196 g/mol. The van der Waals surface area contributed by atoms with Crippen LogP contribution < -0.4 is 0 Å². The molecule has 0 saturated heterocycles. The summed E-state index contributed by atoms with van der Waals surface area (Å²) in [7, 11) is 0. The standard InChI is InChI=1S/C13H12N2/c1-9(8-14)15-12-5-3-2-4-10(12)11-6-7-13(11)15/h2-5,9H,6-7H2,1H3. The minimum Gasteiger partial charge on any atom is -0.328 e. The largest absolute Gasteiger partial charge is 0.328 e. The minimum absolute atomic E-state index is 0.0565. The van der Waals surface area contributed by atoms with Gasteiger partial charge in [0.1, 0.15) is 6.04 Å². The van der Waals surface area contributed by atoms with E-state index in [4.69, 9.17) is 5.26 Å². The van der Waals surface area contributed by atoms with Gasteiger partial charge in [-0.25, -0.2) is 0 Å². The summed E-state index contributed by atoms with van der Waals surface area (Å²) in [6.07, 6.45) is 2.29. The molecule has 2 heteroatoms. The van der Waals surface area contributed by atoms with Crippen molar-refractivity contribution in [1.82, 2.24) is 4.57 Å². The molecule has 0 aliphatic heterocycles. The third kappa shape index (κ3) is 0.979. The van der Waals surface area contributed by atoms with E-state index in [1.807, 2.05) is 13.0 Å². The maximum Gasteiger partial charge on any atom is 0.118 e. The predicted octanol–water partition coefficient (Wildman–Crippen LogP) is 2.82. The first-order valence-corrected chi connectivity index (χ1v) is 5.33. The van der Waals surface area contributed by atoms with Gasteiger partial charge in [-0.2, -0.15) is 5.26 Å². The van der Waals surface area contributed by atoms with Crippen LogP contribution in [-0.4, -0.2) is 4.57 Å². The van der Waals surface area contributed by atoms with Crippen molar-refractivity contribution in [2.75, 3.05) is 0 Å². The summed E-state index contributed by atoms with van der Waals surface area (Å²) in [5.74, 6) is 0. The molecule has 1 aromatic heterocycles. The second-order valence-corrected chi connectivity index (χ2v) is 4.12. The molecule has 15 heavy (non-hydrogen) atoms. The number of hydrogen-bond donors (Lipinski definition) is 0. The maximum absolute atomic E-state index is 9.03. The molecule has 1 heterocycles. The van der Waals surface area contributed by atoms with Crippen LogP contribution in [0.2, 0.25) is 0 Å². The first-order valence-electron chi connectivity index (χ1n) is 5.33.